The summed E-state index contributed by atoms with van der Waals surface area (Å²) in [5, 5.41) is 6.92. The van der Waals surface area contributed by atoms with Crippen molar-refractivity contribution in [3.05, 3.63) is 101 Å². The van der Waals surface area contributed by atoms with Crippen LogP contribution in [0.25, 0.3) is 11.4 Å². The number of hydrogen-bond donors (Lipinski definition) is 1. The minimum Gasteiger partial charge on any atom is -0.349 e. The normalized spacial score (nSPS) is 15.5. The van der Waals surface area contributed by atoms with E-state index in [0.29, 0.717) is 48.9 Å². The van der Waals surface area contributed by atoms with Crippen molar-refractivity contribution < 1.29 is 22.9 Å². The third-order valence-electron chi connectivity index (χ3n) is 7.19. The van der Waals surface area contributed by atoms with Gasteiger partial charge in [-0.1, -0.05) is 29.4 Å². The molecule has 3 heterocycles. The predicted octanol–water partition coefficient (Wildman–Crippen LogP) is 4.77. The van der Waals surface area contributed by atoms with Gasteiger partial charge in [0.25, 0.3) is 5.91 Å². The number of halogens is 2. The number of benzene rings is 2. The van der Waals surface area contributed by atoms with Gasteiger partial charge in [0.15, 0.2) is 0 Å². The Hall–Kier alpha value is -4.47. The maximum absolute atomic E-state index is 13.7. The molecule has 10 heteroatoms. The molecule has 0 spiro atoms. The van der Waals surface area contributed by atoms with Crippen LogP contribution in [0, 0.1) is 18.6 Å². The molecule has 1 saturated heterocycles. The number of aryl methyl sites for hydroxylation is 1. The van der Waals surface area contributed by atoms with E-state index < -0.39 is 17.3 Å². The Morgan fingerprint density at radius 1 is 0.974 bits per heavy atom. The number of nitrogens with zero attached hydrogens (tertiary/aromatic N) is 4. The van der Waals surface area contributed by atoms with Crippen molar-refractivity contribution in [1.29, 1.82) is 0 Å². The topological polar surface area (TPSA) is 101 Å². The number of aromatic nitrogens is 3. The summed E-state index contributed by atoms with van der Waals surface area (Å²) in [5.41, 5.74) is 1.37. The lowest BCUT2D eigenvalue weighted by Gasteiger charge is -2.41. The van der Waals surface area contributed by atoms with Gasteiger partial charge in [0.05, 0.1) is 23.3 Å². The van der Waals surface area contributed by atoms with Gasteiger partial charge in [0.1, 0.15) is 11.6 Å². The molecular weight excluding hydrogens is 504 g/mol. The summed E-state index contributed by atoms with van der Waals surface area (Å²) >= 11 is 0. The average molecular weight is 532 g/mol. The number of hydrogen-bond acceptors (Lipinski definition) is 6. The Bertz CT molecular complexity index is 1460. The van der Waals surface area contributed by atoms with Crippen molar-refractivity contribution in [2.75, 3.05) is 13.1 Å². The van der Waals surface area contributed by atoms with Gasteiger partial charge in [-0.25, -0.2) is 8.78 Å². The first-order valence-corrected chi connectivity index (χ1v) is 12.6. The molecule has 200 valence electrons. The van der Waals surface area contributed by atoms with Crippen molar-refractivity contribution in [3.63, 3.8) is 0 Å². The van der Waals surface area contributed by atoms with E-state index in [-0.39, 0.29) is 17.6 Å². The van der Waals surface area contributed by atoms with Crippen LogP contribution in [0.2, 0.25) is 0 Å². The van der Waals surface area contributed by atoms with E-state index >= 15 is 0 Å². The number of amides is 2. The maximum atomic E-state index is 13.7. The smallest absolute Gasteiger partial charge is 0.253 e. The molecule has 2 amide bonds. The van der Waals surface area contributed by atoms with E-state index in [1.54, 1.807) is 48.2 Å². The maximum Gasteiger partial charge on any atom is 0.253 e. The fourth-order valence-corrected chi connectivity index (χ4v) is 4.88. The molecule has 0 saturated carbocycles. The molecule has 2 aromatic carbocycles. The quantitative estimate of drug-likeness (QED) is 0.385. The predicted molar refractivity (Wildman–Crippen MR) is 138 cm³/mol. The van der Waals surface area contributed by atoms with E-state index in [1.165, 1.54) is 24.3 Å². The first kappa shape index (κ1) is 26.1. The lowest BCUT2D eigenvalue weighted by Crippen LogP contribution is -2.53. The number of piperidine rings is 1. The zero-order chi connectivity index (χ0) is 27.6. The molecule has 4 aromatic rings. The fraction of sp³-hybridized carbons (Fsp3) is 0.276. The van der Waals surface area contributed by atoms with Crippen LogP contribution in [0.1, 0.15) is 53.3 Å². The Balaban J connectivity index is 1.33. The Morgan fingerprint density at radius 2 is 1.64 bits per heavy atom. The van der Waals surface area contributed by atoms with Crippen molar-refractivity contribution in [2.45, 2.75) is 38.1 Å². The van der Waals surface area contributed by atoms with Gasteiger partial charge in [-0.05, 0) is 61.7 Å². The van der Waals surface area contributed by atoms with Crippen LogP contribution >= 0.6 is 0 Å². The van der Waals surface area contributed by atoms with Gasteiger partial charge in [-0.2, -0.15) is 4.98 Å². The summed E-state index contributed by atoms with van der Waals surface area (Å²) in [6, 6.07) is 15.3. The molecule has 1 aliphatic heterocycles. The van der Waals surface area contributed by atoms with E-state index in [2.05, 4.69) is 20.4 Å². The second kappa shape index (κ2) is 10.7. The molecule has 39 heavy (non-hydrogen) atoms. The molecule has 1 N–H and O–H groups in total. The largest absolute Gasteiger partial charge is 0.349 e. The summed E-state index contributed by atoms with van der Waals surface area (Å²) in [4.78, 5) is 37.2. The van der Waals surface area contributed by atoms with Crippen LogP contribution in [-0.2, 0) is 10.2 Å². The number of carbonyl (C=O) groups is 2. The van der Waals surface area contributed by atoms with E-state index in [9.17, 15) is 18.4 Å². The van der Waals surface area contributed by atoms with Gasteiger partial charge < -0.3 is 14.7 Å². The number of carbonyl (C=O) groups excluding carboxylic acids is 2. The molecular formula is C29H27F2N5O3. The van der Waals surface area contributed by atoms with Gasteiger partial charge in [0, 0.05) is 31.1 Å². The summed E-state index contributed by atoms with van der Waals surface area (Å²) in [6.45, 7) is 4.13. The summed E-state index contributed by atoms with van der Waals surface area (Å²) in [6.07, 6.45) is 1.71. The fourth-order valence-electron chi connectivity index (χ4n) is 4.88. The third kappa shape index (κ3) is 5.41. The first-order valence-electron chi connectivity index (χ1n) is 12.6. The third-order valence-corrected chi connectivity index (χ3v) is 7.19. The first-order chi connectivity index (χ1) is 18.7. The highest BCUT2D eigenvalue weighted by atomic mass is 19.1. The molecule has 1 fully saturated rings. The van der Waals surface area contributed by atoms with Crippen LogP contribution in [0.15, 0.2) is 71.4 Å². The Morgan fingerprint density at radius 3 is 2.23 bits per heavy atom. The standard InChI is InChI=1S/C29H27F2N5O3/c1-18(20-7-9-23(30)10-8-20)33-28(38)29(25-12-11-24(31)17-32-25)13-15-36(16-14-29)27(37)22-5-3-21(4-6-22)26-34-19(2)39-35-26/h3-12,17-18H,13-16H2,1-2H3,(H,33,38)/t18-/m0/s1. The summed E-state index contributed by atoms with van der Waals surface area (Å²) in [5.74, 6) is -0.394. The van der Waals surface area contributed by atoms with Gasteiger partial charge in [-0.3, -0.25) is 14.6 Å². The highest BCUT2D eigenvalue weighted by molar-refractivity contribution is 5.95. The van der Waals surface area contributed by atoms with E-state index in [1.807, 2.05) is 6.92 Å². The van der Waals surface area contributed by atoms with Crippen molar-refractivity contribution in [1.82, 2.24) is 25.3 Å². The molecule has 1 aliphatic rings. The molecule has 8 nitrogen and oxygen atoms in total. The minimum absolute atomic E-state index is 0.161. The van der Waals surface area contributed by atoms with E-state index in [4.69, 9.17) is 4.52 Å². The second-order valence-electron chi connectivity index (χ2n) is 9.70. The Kier molecular flexibility index (Phi) is 7.19. The van der Waals surface area contributed by atoms with Crippen LogP contribution in [-0.4, -0.2) is 44.9 Å². The van der Waals surface area contributed by atoms with Crippen molar-refractivity contribution in [3.8, 4) is 11.4 Å². The van der Waals surface area contributed by atoms with Crippen LogP contribution in [0.5, 0.6) is 0 Å². The highest BCUT2D eigenvalue weighted by Crippen LogP contribution is 2.36. The molecule has 0 aliphatic carbocycles. The summed E-state index contributed by atoms with van der Waals surface area (Å²) in [7, 11) is 0. The van der Waals surface area contributed by atoms with Crippen LogP contribution in [0.3, 0.4) is 0 Å². The molecule has 0 radical (unpaired) electrons. The lowest BCUT2D eigenvalue weighted by atomic mass is 9.74. The molecule has 1 atom stereocenters. The van der Waals surface area contributed by atoms with Gasteiger partial charge in [-0.15, -0.1) is 0 Å². The zero-order valence-electron chi connectivity index (χ0n) is 21.5. The molecule has 2 aromatic heterocycles. The average Bonchev–Trinajstić information content (AvgIpc) is 3.39. The van der Waals surface area contributed by atoms with E-state index in [0.717, 1.165) is 17.3 Å². The SMILES string of the molecule is Cc1nc(-c2ccc(C(=O)N3CCC(C(=O)N[C@@H](C)c4ccc(F)cc4)(c4ccc(F)cn4)CC3)cc2)no1. The van der Waals surface area contributed by atoms with Crippen LogP contribution in [0.4, 0.5) is 8.78 Å². The highest BCUT2D eigenvalue weighted by Gasteiger charge is 2.45. The Labute approximate surface area is 224 Å². The number of nitrogens with one attached hydrogen (secondary N) is 1. The molecule has 0 unspecified atom stereocenters. The lowest BCUT2D eigenvalue weighted by molar-refractivity contribution is -0.129. The van der Waals surface area contributed by atoms with Crippen LogP contribution < -0.4 is 5.32 Å². The molecule has 5 rings (SSSR count). The number of pyridine rings is 1. The van der Waals surface area contributed by atoms with Gasteiger partial charge in [0.2, 0.25) is 17.6 Å². The zero-order valence-corrected chi connectivity index (χ0v) is 21.5. The minimum atomic E-state index is -1.06. The van der Waals surface area contributed by atoms with Crippen molar-refractivity contribution >= 4 is 11.8 Å². The number of rotatable bonds is 6. The summed E-state index contributed by atoms with van der Waals surface area (Å²) < 4.78 is 32.1. The molecule has 0 bridgehead atoms. The number of likely N-dealkylation sites (tertiary alicyclic amines) is 1. The van der Waals surface area contributed by atoms with Gasteiger partial charge >= 0.3 is 0 Å². The second-order valence-corrected chi connectivity index (χ2v) is 9.70. The monoisotopic (exact) mass is 531 g/mol. The van der Waals surface area contributed by atoms with Crippen molar-refractivity contribution in [2.24, 2.45) is 0 Å².